The van der Waals surface area contributed by atoms with Crippen molar-refractivity contribution >= 4 is 40.0 Å². The average Bonchev–Trinajstić information content (AvgIpc) is 3.38. The van der Waals surface area contributed by atoms with Gasteiger partial charge in [-0.1, -0.05) is 6.07 Å². The van der Waals surface area contributed by atoms with Crippen molar-refractivity contribution in [3.05, 3.63) is 42.4 Å². The van der Waals surface area contributed by atoms with Gasteiger partial charge in [0.2, 0.25) is 0 Å². The predicted octanol–water partition coefficient (Wildman–Crippen LogP) is 2.56. The van der Waals surface area contributed by atoms with Crippen LogP contribution in [0, 0.1) is 0 Å². The summed E-state index contributed by atoms with van der Waals surface area (Å²) >= 11 is 0. The van der Waals surface area contributed by atoms with Crippen molar-refractivity contribution in [1.82, 2.24) is 24.9 Å². The molecule has 1 aliphatic carbocycles. The number of amides is 1. The molecule has 5 rings (SSSR count). The number of nitrogens with zero attached hydrogens (tertiary/aromatic N) is 4. The van der Waals surface area contributed by atoms with Gasteiger partial charge in [-0.15, -0.1) is 0 Å². The third-order valence-corrected chi connectivity index (χ3v) is 5.43. The van der Waals surface area contributed by atoms with Crippen LogP contribution < -0.4 is 16.0 Å². The molecule has 10 heteroatoms. The van der Waals surface area contributed by atoms with E-state index in [1.807, 2.05) is 24.3 Å². The minimum atomic E-state index is -0.220. The summed E-state index contributed by atoms with van der Waals surface area (Å²) in [6.07, 6.45) is 4.82. The van der Waals surface area contributed by atoms with Gasteiger partial charge in [0.15, 0.2) is 17.6 Å². The number of benzene rings is 1. The Hall–Kier alpha value is -3.66. The van der Waals surface area contributed by atoms with Crippen molar-refractivity contribution in [2.24, 2.45) is 0 Å². The molecule has 30 heavy (non-hydrogen) atoms. The molecule has 1 aliphatic rings. The summed E-state index contributed by atoms with van der Waals surface area (Å²) in [6, 6.07) is 7.42. The normalized spacial score (nSPS) is 18.3. The van der Waals surface area contributed by atoms with E-state index in [4.69, 9.17) is 9.15 Å². The Labute approximate surface area is 171 Å². The van der Waals surface area contributed by atoms with Gasteiger partial charge in [0.05, 0.1) is 24.0 Å². The summed E-state index contributed by atoms with van der Waals surface area (Å²) < 4.78 is 12.3. The molecule has 0 radical (unpaired) electrons. The highest BCUT2D eigenvalue weighted by atomic mass is 16.5. The third kappa shape index (κ3) is 3.01. The van der Waals surface area contributed by atoms with Crippen LogP contribution >= 0.6 is 0 Å². The summed E-state index contributed by atoms with van der Waals surface area (Å²) in [7, 11) is 3.45. The lowest BCUT2D eigenvalue weighted by molar-refractivity contribution is 0.00732. The van der Waals surface area contributed by atoms with Crippen LogP contribution in [-0.4, -0.2) is 51.8 Å². The summed E-state index contributed by atoms with van der Waals surface area (Å²) in [5.74, 6) is 1.02. The van der Waals surface area contributed by atoms with E-state index >= 15 is 0 Å². The number of aromatic nitrogens is 4. The molecule has 0 spiro atoms. The molecule has 3 aromatic heterocycles. The monoisotopic (exact) mass is 407 g/mol. The van der Waals surface area contributed by atoms with Gasteiger partial charge < -0.3 is 25.1 Å². The first-order valence-electron chi connectivity index (χ1n) is 9.67. The molecule has 1 fully saturated rings. The lowest BCUT2D eigenvalue weighted by atomic mass is 9.89. The topological polar surface area (TPSA) is 119 Å². The number of nitrogens with one attached hydrogen (secondary N) is 3. The zero-order valence-electron chi connectivity index (χ0n) is 16.5. The fourth-order valence-electron chi connectivity index (χ4n) is 3.65. The van der Waals surface area contributed by atoms with Gasteiger partial charge in [0, 0.05) is 20.2 Å². The number of carbonyl (C=O) groups is 1. The Morgan fingerprint density at radius 3 is 3.00 bits per heavy atom. The van der Waals surface area contributed by atoms with E-state index in [0.29, 0.717) is 33.9 Å². The van der Waals surface area contributed by atoms with Gasteiger partial charge in [-0.2, -0.15) is 9.61 Å². The van der Waals surface area contributed by atoms with Gasteiger partial charge in [0.25, 0.3) is 5.91 Å². The maximum atomic E-state index is 12.9. The molecular weight excluding hydrogens is 386 g/mol. The zero-order valence-corrected chi connectivity index (χ0v) is 16.5. The van der Waals surface area contributed by atoms with Crippen LogP contribution in [0.2, 0.25) is 0 Å². The first-order chi connectivity index (χ1) is 14.7. The molecule has 0 bridgehead atoms. The Kier molecular flexibility index (Phi) is 4.47. The van der Waals surface area contributed by atoms with Crippen LogP contribution in [0.3, 0.4) is 0 Å². The molecule has 1 saturated carbocycles. The van der Waals surface area contributed by atoms with Crippen LogP contribution in [0.25, 0.3) is 16.7 Å². The van der Waals surface area contributed by atoms with Crippen LogP contribution in [-0.2, 0) is 4.74 Å². The minimum absolute atomic E-state index is 0.00676. The van der Waals surface area contributed by atoms with Crippen molar-refractivity contribution in [2.75, 3.05) is 24.8 Å². The number of carbonyl (C=O) groups excluding carboxylic acids is 1. The van der Waals surface area contributed by atoms with Crippen molar-refractivity contribution in [3.8, 4) is 0 Å². The van der Waals surface area contributed by atoms with E-state index in [9.17, 15) is 4.79 Å². The number of rotatable bonds is 6. The Morgan fingerprint density at radius 1 is 1.33 bits per heavy atom. The van der Waals surface area contributed by atoms with Crippen molar-refractivity contribution in [1.29, 1.82) is 0 Å². The first-order valence-corrected chi connectivity index (χ1v) is 9.67. The van der Waals surface area contributed by atoms with Gasteiger partial charge in [-0.25, -0.2) is 9.97 Å². The van der Waals surface area contributed by atoms with Gasteiger partial charge in [0.1, 0.15) is 22.7 Å². The second-order valence-corrected chi connectivity index (χ2v) is 7.13. The second-order valence-electron chi connectivity index (χ2n) is 7.13. The van der Waals surface area contributed by atoms with E-state index in [0.717, 1.165) is 18.5 Å². The molecule has 1 unspecified atom stereocenters. The fourth-order valence-corrected chi connectivity index (χ4v) is 3.65. The summed E-state index contributed by atoms with van der Waals surface area (Å²) in [5.41, 5.74) is 2.97. The smallest absolute Gasteiger partial charge is 0.257 e. The largest absolute Gasteiger partial charge is 0.443 e. The van der Waals surface area contributed by atoms with E-state index in [1.54, 1.807) is 18.7 Å². The molecule has 2 atom stereocenters. The summed E-state index contributed by atoms with van der Waals surface area (Å²) in [6.45, 7) is 0. The second kappa shape index (κ2) is 7.30. The fraction of sp³-hybridized carbons (Fsp3) is 0.300. The molecule has 10 nitrogen and oxygen atoms in total. The van der Waals surface area contributed by atoms with E-state index in [2.05, 4.69) is 31.0 Å². The first kappa shape index (κ1) is 18.4. The SMILES string of the molecule is CNc1cc(Nc2cccc3ocnc23)nc2c(C(=O)NC3CC[C@@H]3OC)cnn12. The standard InChI is InChI=1S/C20H21N7O3/c1-21-17-8-16(24-13-4-3-5-15-18(13)22-10-30-15)26-19-11(9-23-27(17)19)20(28)25-12-6-7-14(12)29-2/h3-5,8-10,12,14,21H,6-7H2,1-2H3,(H,24,26)(H,25,28)/t12?,14-/m0/s1. The van der Waals surface area contributed by atoms with E-state index in [1.165, 1.54) is 12.6 Å². The summed E-state index contributed by atoms with van der Waals surface area (Å²) in [5, 5.41) is 13.7. The zero-order chi connectivity index (χ0) is 20.7. The van der Waals surface area contributed by atoms with Crippen LogP contribution in [0.4, 0.5) is 17.3 Å². The highest BCUT2D eigenvalue weighted by Gasteiger charge is 2.33. The lowest BCUT2D eigenvalue weighted by Crippen LogP contribution is -2.51. The quantitative estimate of drug-likeness (QED) is 0.446. The van der Waals surface area contributed by atoms with E-state index in [-0.39, 0.29) is 18.1 Å². The average molecular weight is 407 g/mol. The molecule has 154 valence electrons. The molecule has 1 aromatic carbocycles. The molecule has 4 aromatic rings. The van der Waals surface area contributed by atoms with Gasteiger partial charge >= 0.3 is 0 Å². The van der Waals surface area contributed by atoms with Gasteiger partial charge in [-0.05, 0) is 25.0 Å². The van der Waals surface area contributed by atoms with E-state index < -0.39 is 0 Å². The number of para-hydroxylation sites is 1. The Bertz CT molecular complexity index is 1230. The number of ether oxygens (including phenoxy) is 1. The van der Waals surface area contributed by atoms with Crippen molar-refractivity contribution in [2.45, 2.75) is 25.0 Å². The summed E-state index contributed by atoms with van der Waals surface area (Å²) in [4.78, 5) is 21.8. The van der Waals surface area contributed by atoms with Crippen molar-refractivity contribution in [3.63, 3.8) is 0 Å². The minimum Gasteiger partial charge on any atom is -0.443 e. The molecule has 1 amide bonds. The van der Waals surface area contributed by atoms with Crippen LogP contribution in [0.5, 0.6) is 0 Å². The number of hydrogen-bond donors (Lipinski definition) is 3. The number of methoxy groups -OCH3 is 1. The Morgan fingerprint density at radius 2 is 2.23 bits per heavy atom. The highest BCUT2D eigenvalue weighted by molar-refractivity contribution is 6.00. The predicted molar refractivity (Wildman–Crippen MR) is 111 cm³/mol. The Balaban J connectivity index is 1.50. The molecular formula is C20H21N7O3. The number of oxazole rings is 1. The van der Waals surface area contributed by atoms with Crippen LogP contribution in [0.1, 0.15) is 23.2 Å². The number of hydrogen-bond acceptors (Lipinski definition) is 8. The molecule has 3 N–H and O–H groups in total. The maximum Gasteiger partial charge on any atom is 0.257 e. The highest BCUT2D eigenvalue weighted by Crippen LogP contribution is 2.27. The molecule has 0 saturated heterocycles. The molecule has 0 aliphatic heterocycles. The van der Waals surface area contributed by atoms with Gasteiger partial charge in [-0.3, -0.25) is 4.79 Å². The number of anilines is 3. The molecule has 3 heterocycles. The van der Waals surface area contributed by atoms with Crippen LogP contribution in [0.15, 0.2) is 41.3 Å². The maximum absolute atomic E-state index is 12.9. The third-order valence-electron chi connectivity index (χ3n) is 5.43. The van der Waals surface area contributed by atoms with Crippen molar-refractivity contribution < 1.29 is 13.9 Å². The number of fused-ring (bicyclic) bond motifs is 2. The lowest BCUT2D eigenvalue weighted by Gasteiger charge is -2.35.